The molecule has 0 aliphatic rings. The Morgan fingerprint density at radius 1 is 1.31 bits per heavy atom. The summed E-state index contributed by atoms with van der Waals surface area (Å²) in [6.07, 6.45) is 1.15. The number of benzene rings is 1. The number of sulfone groups is 1. The van der Waals surface area contributed by atoms with Gasteiger partial charge in [0.25, 0.3) is 0 Å². The number of nitrogens with zero attached hydrogens (tertiary/aromatic N) is 2. The van der Waals surface area contributed by atoms with Gasteiger partial charge in [0, 0.05) is 19.7 Å². The van der Waals surface area contributed by atoms with Crippen molar-refractivity contribution < 1.29 is 17.6 Å². The molecule has 2 rings (SSSR count). The maximum Gasteiger partial charge on any atom is 0.183 e. The molecule has 0 amide bonds. The van der Waals surface area contributed by atoms with E-state index in [1.165, 1.54) is 35.0 Å². The third-order valence-corrected chi connectivity index (χ3v) is 5.99. The van der Waals surface area contributed by atoms with Crippen LogP contribution in [0.2, 0.25) is 0 Å². The molecule has 1 heterocycles. The SMILES string of the molecule is Cn1cc(S(=O)(=O)CC(C)(C)C)cc1C(=O)Cc1cccc(C#N)c1F. The van der Waals surface area contributed by atoms with Crippen molar-refractivity contribution >= 4 is 15.6 Å². The van der Waals surface area contributed by atoms with Crippen molar-refractivity contribution in [3.05, 3.63) is 53.1 Å². The van der Waals surface area contributed by atoms with Crippen LogP contribution >= 0.6 is 0 Å². The Labute approximate surface area is 153 Å². The molecule has 0 saturated heterocycles. The maximum absolute atomic E-state index is 14.2. The van der Waals surface area contributed by atoms with Crippen LogP contribution in [0.5, 0.6) is 0 Å². The zero-order valence-corrected chi connectivity index (χ0v) is 16.0. The molecule has 5 nitrogen and oxygen atoms in total. The van der Waals surface area contributed by atoms with E-state index >= 15 is 0 Å². The largest absolute Gasteiger partial charge is 0.347 e. The molecule has 7 heteroatoms. The molecule has 0 aliphatic carbocycles. The number of carbonyl (C=O) groups is 1. The van der Waals surface area contributed by atoms with Gasteiger partial charge >= 0.3 is 0 Å². The van der Waals surface area contributed by atoms with Crippen molar-refractivity contribution in [3.8, 4) is 6.07 Å². The van der Waals surface area contributed by atoms with Gasteiger partial charge in [0.05, 0.1) is 21.9 Å². The van der Waals surface area contributed by atoms with Crippen LogP contribution in [0.25, 0.3) is 0 Å². The van der Waals surface area contributed by atoms with Crippen LogP contribution in [0, 0.1) is 22.6 Å². The average Bonchev–Trinajstić information content (AvgIpc) is 2.90. The molecule has 0 bridgehead atoms. The predicted octanol–water partition coefficient (Wildman–Crippen LogP) is 3.28. The second-order valence-corrected chi connectivity index (χ2v) is 9.47. The normalized spacial score (nSPS) is 12.0. The van der Waals surface area contributed by atoms with Gasteiger partial charge in [0.15, 0.2) is 15.6 Å². The summed E-state index contributed by atoms with van der Waals surface area (Å²) in [7, 11) is -1.96. The lowest BCUT2D eigenvalue weighted by Crippen LogP contribution is -2.20. The van der Waals surface area contributed by atoms with E-state index in [2.05, 4.69) is 0 Å². The highest BCUT2D eigenvalue weighted by Gasteiger charge is 2.26. The van der Waals surface area contributed by atoms with Crippen LogP contribution in [0.4, 0.5) is 4.39 Å². The summed E-state index contributed by atoms with van der Waals surface area (Å²) in [6, 6.07) is 7.35. The lowest BCUT2D eigenvalue weighted by atomic mass is 10.0. The fraction of sp³-hybridized carbons (Fsp3) is 0.368. The lowest BCUT2D eigenvalue weighted by molar-refractivity contribution is 0.0984. The number of carbonyl (C=O) groups excluding carboxylic acids is 1. The highest BCUT2D eigenvalue weighted by atomic mass is 32.2. The predicted molar refractivity (Wildman–Crippen MR) is 96.1 cm³/mol. The molecule has 0 N–H and O–H groups in total. The molecule has 1 aromatic heterocycles. The number of hydrogen-bond donors (Lipinski definition) is 0. The summed E-state index contributed by atoms with van der Waals surface area (Å²) in [5.41, 5.74) is -0.260. The summed E-state index contributed by atoms with van der Waals surface area (Å²) in [5.74, 6) is -1.19. The summed E-state index contributed by atoms with van der Waals surface area (Å²) >= 11 is 0. The smallest absolute Gasteiger partial charge is 0.183 e. The molecule has 0 saturated carbocycles. The van der Waals surface area contributed by atoms with Gasteiger partial charge in [-0.25, -0.2) is 12.8 Å². The average molecular weight is 376 g/mol. The zero-order chi connectivity index (χ0) is 19.7. The van der Waals surface area contributed by atoms with E-state index in [9.17, 15) is 17.6 Å². The fourth-order valence-electron chi connectivity index (χ4n) is 2.70. The standard InChI is InChI=1S/C19H21FN2O3S/c1-19(2,3)12-26(24,25)15-9-16(22(4)11-15)17(23)8-13-6-5-7-14(10-21)18(13)20/h5-7,9,11H,8,12H2,1-4H3. The molecule has 138 valence electrons. The summed E-state index contributed by atoms with van der Waals surface area (Å²) in [4.78, 5) is 12.6. The minimum absolute atomic E-state index is 0.0452. The molecule has 0 unspecified atom stereocenters. The number of nitriles is 1. The molecule has 1 aromatic carbocycles. The van der Waals surface area contributed by atoms with Crippen LogP contribution in [0.1, 0.15) is 42.4 Å². The van der Waals surface area contributed by atoms with E-state index in [4.69, 9.17) is 5.26 Å². The Morgan fingerprint density at radius 3 is 2.54 bits per heavy atom. The molecule has 0 fully saturated rings. The van der Waals surface area contributed by atoms with Crippen molar-refractivity contribution in [2.45, 2.75) is 32.1 Å². The molecular formula is C19H21FN2O3S. The van der Waals surface area contributed by atoms with Gasteiger partial charge in [-0.3, -0.25) is 4.79 Å². The summed E-state index contributed by atoms with van der Waals surface area (Å²) in [5, 5.41) is 8.88. The molecule has 2 aromatic rings. The first kappa shape index (κ1) is 19.9. The van der Waals surface area contributed by atoms with Crippen molar-refractivity contribution in [3.63, 3.8) is 0 Å². The second kappa shape index (κ2) is 7.04. The van der Waals surface area contributed by atoms with Gasteiger partial charge in [-0.1, -0.05) is 32.9 Å². The van der Waals surface area contributed by atoms with E-state index in [1.54, 1.807) is 13.1 Å². The minimum Gasteiger partial charge on any atom is -0.347 e. The molecule has 0 atom stereocenters. The van der Waals surface area contributed by atoms with E-state index in [1.807, 2.05) is 20.8 Å². The molecule has 26 heavy (non-hydrogen) atoms. The van der Waals surface area contributed by atoms with E-state index in [0.29, 0.717) is 0 Å². The number of ketones is 1. The first-order chi connectivity index (χ1) is 11.9. The van der Waals surface area contributed by atoms with Crippen LogP contribution < -0.4 is 0 Å². The Bertz CT molecular complexity index is 993. The van der Waals surface area contributed by atoms with E-state index in [-0.39, 0.29) is 33.9 Å². The van der Waals surface area contributed by atoms with Gasteiger partial charge < -0.3 is 4.57 Å². The van der Waals surface area contributed by atoms with Gasteiger partial charge in [-0.15, -0.1) is 0 Å². The first-order valence-electron chi connectivity index (χ1n) is 8.04. The number of aromatic nitrogens is 1. The third kappa shape index (κ3) is 4.38. The molecule has 0 aliphatic heterocycles. The van der Waals surface area contributed by atoms with Gasteiger partial charge in [-0.05, 0) is 23.1 Å². The third-order valence-electron chi connectivity index (χ3n) is 3.80. The van der Waals surface area contributed by atoms with Gasteiger partial charge in [-0.2, -0.15) is 5.26 Å². The highest BCUT2D eigenvalue weighted by Crippen LogP contribution is 2.24. The molecular weight excluding hydrogens is 355 g/mol. The summed E-state index contributed by atoms with van der Waals surface area (Å²) < 4.78 is 40.6. The maximum atomic E-state index is 14.2. The number of hydrogen-bond acceptors (Lipinski definition) is 4. The number of rotatable bonds is 5. The van der Waals surface area contributed by atoms with Crippen LogP contribution in [-0.4, -0.2) is 24.5 Å². The lowest BCUT2D eigenvalue weighted by Gasteiger charge is -2.17. The fourth-order valence-corrected chi connectivity index (χ4v) is 4.62. The highest BCUT2D eigenvalue weighted by molar-refractivity contribution is 7.91. The minimum atomic E-state index is -3.54. The first-order valence-corrected chi connectivity index (χ1v) is 9.69. The second-order valence-electron chi connectivity index (χ2n) is 7.48. The molecule has 0 spiro atoms. The monoisotopic (exact) mass is 376 g/mol. The van der Waals surface area contributed by atoms with Crippen LogP contribution in [-0.2, 0) is 23.3 Å². The Balaban J connectivity index is 2.32. The Kier molecular flexibility index (Phi) is 5.38. The molecule has 0 radical (unpaired) electrons. The van der Waals surface area contributed by atoms with E-state index in [0.717, 1.165) is 0 Å². The van der Waals surface area contributed by atoms with Crippen molar-refractivity contribution in [1.82, 2.24) is 4.57 Å². The number of Topliss-reactive ketones (excluding diaryl/α,β-unsaturated/α-hetero) is 1. The topological polar surface area (TPSA) is 79.9 Å². The van der Waals surface area contributed by atoms with Gasteiger partial charge in [0.2, 0.25) is 0 Å². The van der Waals surface area contributed by atoms with E-state index < -0.39 is 26.9 Å². The number of aryl methyl sites for hydroxylation is 1. The van der Waals surface area contributed by atoms with Crippen LogP contribution in [0.15, 0.2) is 35.4 Å². The Hall–Kier alpha value is -2.46. The van der Waals surface area contributed by atoms with Gasteiger partial charge in [0.1, 0.15) is 11.9 Å². The van der Waals surface area contributed by atoms with Crippen molar-refractivity contribution in [2.75, 3.05) is 5.75 Å². The van der Waals surface area contributed by atoms with Crippen molar-refractivity contribution in [1.29, 1.82) is 5.26 Å². The quantitative estimate of drug-likeness (QED) is 0.750. The zero-order valence-electron chi connectivity index (χ0n) is 15.2. The number of halogens is 1. The Morgan fingerprint density at radius 2 is 1.96 bits per heavy atom. The van der Waals surface area contributed by atoms with Crippen LogP contribution in [0.3, 0.4) is 0 Å². The van der Waals surface area contributed by atoms with Crippen molar-refractivity contribution in [2.24, 2.45) is 12.5 Å². The summed E-state index contributed by atoms with van der Waals surface area (Å²) in [6.45, 7) is 5.47.